The van der Waals surface area contributed by atoms with Gasteiger partial charge in [0.1, 0.15) is 0 Å². The van der Waals surface area contributed by atoms with Crippen LogP contribution in [0.4, 0.5) is 11.4 Å². The summed E-state index contributed by atoms with van der Waals surface area (Å²) in [7, 11) is 1.55. The lowest BCUT2D eigenvalue weighted by Crippen LogP contribution is -2.21. The van der Waals surface area contributed by atoms with Gasteiger partial charge in [-0.2, -0.15) is 0 Å². The Balaban J connectivity index is 3.03. The number of hydrogen-bond acceptors (Lipinski definition) is 6. The summed E-state index contributed by atoms with van der Waals surface area (Å²) in [6.45, 7) is -0.579. The predicted octanol–water partition coefficient (Wildman–Crippen LogP) is 0.279. The van der Waals surface area contributed by atoms with Gasteiger partial charge in [-0.05, 0) is 6.07 Å². The molecule has 0 aliphatic carbocycles. The van der Waals surface area contributed by atoms with Crippen molar-refractivity contribution in [2.75, 3.05) is 19.0 Å². The molecular formula is C10H11N3O5. The zero-order valence-corrected chi connectivity index (χ0v) is 9.50. The molecule has 0 bridgehead atoms. The minimum Gasteiger partial charge on any atom is -0.452 e. The van der Waals surface area contributed by atoms with Gasteiger partial charge in [-0.15, -0.1) is 0 Å². The number of carbonyl (C=O) groups is 2. The van der Waals surface area contributed by atoms with Crippen LogP contribution in [0.25, 0.3) is 0 Å². The molecule has 0 fully saturated rings. The van der Waals surface area contributed by atoms with Crippen molar-refractivity contribution in [3.63, 3.8) is 0 Å². The molecule has 8 nitrogen and oxygen atoms in total. The number of non-ortho nitro benzene ring substituents is 1. The highest BCUT2D eigenvalue weighted by molar-refractivity contribution is 5.97. The first-order valence-corrected chi connectivity index (χ1v) is 4.87. The molecule has 0 aliphatic heterocycles. The fourth-order valence-corrected chi connectivity index (χ4v) is 1.25. The van der Waals surface area contributed by atoms with Crippen molar-refractivity contribution in [3.05, 3.63) is 33.9 Å². The number of anilines is 1. The maximum atomic E-state index is 11.6. The molecule has 0 aliphatic rings. The Kier molecular flexibility index (Phi) is 4.19. The van der Waals surface area contributed by atoms with E-state index in [1.54, 1.807) is 7.05 Å². The topological polar surface area (TPSA) is 125 Å². The molecule has 0 unspecified atom stereocenters. The van der Waals surface area contributed by atoms with Gasteiger partial charge in [0.15, 0.2) is 6.61 Å². The van der Waals surface area contributed by atoms with Crippen molar-refractivity contribution >= 4 is 23.3 Å². The number of rotatable bonds is 5. The number of esters is 1. The summed E-state index contributed by atoms with van der Waals surface area (Å²) in [4.78, 5) is 32.1. The molecule has 0 radical (unpaired) electrons. The summed E-state index contributed by atoms with van der Waals surface area (Å²) in [6, 6.07) is 3.69. The summed E-state index contributed by atoms with van der Waals surface area (Å²) in [6.07, 6.45) is 0. The van der Waals surface area contributed by atoms with Crippen LogP contribution in [-0.2, 0) is 9.53 Å². The van der Waals surface area contributed by atoms with E-state index in [9.17, 15) is 19.7 Å². The van der Waals surface area contributed by atoms with Crippen molar-refractivity contribution in [2.45, 2.75) is 0 Å². The number of primary amides is 1. The lowest BCUT2D eigenvalue weighted by Gasteiger charge is -2.08. The Morgan fingerprint density at radius 1 is 1.50 bits per heavy atom. The quantitative estimate of drug-likeness (QED) is 0.441. The second-order valence-electron chi connectivity index (χ2n) is 3.28. The predicted molar refractivity (Wildman–Crippen MR) is 62.1 cm³/mol. The van der Waals surface area contributed by atoms with Gasteiger partial charge in [0.2, 0.25) is 0 Å². The molecule has 3 N–H and O–H groups in total. The number of ether oxygens (including phenoxy) is 1. The zero-order valence-electron chi connectivity index (χ0n) is 9.50. The molecule has 0 saturated heterocycles. The molecule has 1 aromatic carbocycles. The van der Waals surface area contributed by atoms with Crippen molar-refractivity contribution in [1.29, 1.82) is 0 Å². The fraction of sp³-hybridized carbons (Fsp3) is 0.200. The summed E-state index contributed by atoms with van der Waals surface area (Å²) in [5.74, 6) is -1.67. The summed E-state index contributed by atoms with van der Waals surface area (Å²) in [5, 5.41) is 13.3. The molecular weight excluding hydrogens is 242 g/mol. The standard InChI is InChI=1S/C10H11N3O5/c1-12-8-3-2-6(13(16)17)4-7(8)10(15)18-5-9(11)14/h2-4,12H,5H2,1H3,(H2,11,14). The van der Waals surface area contributed by atoms with Crippen LogP contribution in [0.3, 0.4) is 0 Å². The van der Waals surface area contributed by atoms with Gasteiger partial charge in [-0.25, -0.2) is 4.79 Å². The van der Waals surface area contributed by atoms with Crippen LogP contribution >= 0.6 is 0 Å². The molecule has 0 atom stereocenters. The molecule has 8 heteroatoms. The van der Waals surface area contributed by atoms with Gasteiger partial charge in [-0.1, -0.05) is 0 Å². The normalized spacial score (nSPS) is 9.61. The number of amides is 1. The number of nitrogens with two attached hydrogens (primary N) is 1. The van der Waals surface area contributed by atoms with Crippen LogP contribution in [0.1, 0.15) is 10.4 Å². The first kappa shape index (κ1) is 13.4. The van der Waals surface area contributed by atoms with Crippen molar-refractivity contribution in [3.8, 4) is 0 Å². The SMILES string of the molecule is CNc1ccc([N+](=O)[O-])cc1C(=O)OCC(N)=O. The first-order chi connectivity index (χ1) is 8.45. The highest BCUT2D eigenvalue weighted by Crippen LogP contribution is 2.22. The molecule has 0 spiro atoms. The fourth-order valence-electron chi connectivity index (χ4n) is 1.25. The first-order valence-electron chi connectivity index (χ1n) is 4.87. The van der Waals surface area contributed by atoms with E-state index >= 15 is 0 Å². The van der Waals surface area contributed by atoms with Gasteiger partial charge in [0, 0.05) is 24.9 Å². The Bertz CT molecular complexity index is 500. The minimum absolute atomic E-state index is 0.0343. The van der Waals surface area contributed by atoms with Crippen LogP contribution in [0.15, 0.2) is 18.2 Å². The molecule has 96 valence electrons. The van der Waals surface area contributed by atoms with Crippen LogP contribution < -0.4 is 11.1 Å². The zero-order chi connectivity index (χ0) is 13.7. The van der Waals surface area contributed by atoms with Crippen molar-refractivity contribution in [1.82, 2.24) is 0 Å². The molecule has 1 aromatic rings. The average molecular weight is 253 g/mol. The summed E-state index contributed by atoms with van der Waals surface area (Å²) in [5.41, 5.74) is 4.90. The number of hydrogen-bond donors (Lipinski definition) is 2. The van der Waals surface area contributed by atoms with E-state index in [1.165, 1.54) is 12.1 Å². The van der Waals surface area contributed by atoms with Crippen LogP contribution in [-0.4, -0.2) is 30.5 Å². The monoisotopic (exact) mass is 253 g/mol. The average Bonchev–Trinajstić information content (AvgIpc) is 2.34. The largest absolute Gasteiger partial charge is 0.452 e. The molecule has 0 aromatic heterocycles. The molecule has 1 amide bonds. The summed E-state index contributed by atoms with van der Waals surface area (Å²) < 4.78 is 4.59. The Labute approximate surface area is 102 Å². The van der Waals surface area contributed by atoms with Crippen molar-refractivity contribution < 1.29 is 19.2 Å². The Hall–Kier alpha value is -2.64. The van der Waals surface area contributed by atoms with Crippen LogP contribution in [0.5, 0.6) is 0 Å². The lowest BCUT2D eigenvalue weighted by molar-refractivity contribution is -0.384. The van der Waals surface area contributed by atoms with E-state index in [-0.39, 0.29) is 11.3 Å². The van der Waals surface area contributed by atoms with Gasteiger partial charge in [0.05, 0.1) is 10.5 Å². The van der Waals surface area contributed by atoms with E-state index in [2.05, 4.69) is 10.1 Å². The van der Waals surface area contributed by atoms with E-state index in [4.69, 9.17) is 5.73 Å². The number of nitro groups is 1. The second-order valence-corrected chi connectivity index (χ2v) is 3.28. The summed E-state index contributed by atoms with van der Waals surface area (Å²) >= 11 is 0. The van der Waals surface area contributed by atoms with E-state index in [0.29, 0.717) is 5.69 Å². The smallest absolute Gasteiger partial charge is 0.341 e. The third kappa shape index (κ3) is 3.17. The number of nitrogens with zero attached hydrogens (tertiary/aromatic N) is 1. The number of benzene rings is 1. The lowest BCUT2D eigenvalue weighted by atomic mass is 10.1. The molecule has 0 saturated carbocycles. The van der Waals surface area contributed by atoms with Gasteiger partial charge < -0.3 is 15.8 Å². The Morgan fingerprint density at radius 3 is 2.67 bits per heavy atom. The van der Waals surface area contributed by atoms with Gasteiger partial charge >= 0.3 is 5.97 Å². The van der Waals surface area contributed by atoms with Gasteiger partial charge in [0.25, 0.3) is 11.6 Å². The highest BCUT2D eigenvalue weighted by Gasteiger charge is 2.17. The molecule has 1 rings (SSSR count). The van der Waals surface area contributed by atoms with E-state index in [0.717, 1.165) is 6.07 Å². The van der Waals surface area contributed by atoms with Gasteiger partial charge in [-0.3, -0.25) is 14.9 Å². The maximum absolute atomic E-state index is 11.6. The van der Waals surface area contributed by atoms with E-state index in [1.807, 2.05) is 0 Å². The number of carbonyl (C=O) groups excluding carboxylic acids is 2. The van der Waals surface area contributed by atoms with Crippen molar-refractivity contribution in [2.24, 2.45) is 5.73 Å². The number of nitro benzene ring substituents is 1. The van der Waals surface area contributed by atoms with Crippen LogP contribution in [0.2, 0.25) is 0 Å². The van der Waals surface area contributed by atoms with Crippen LogP contribution in [0, 0.1) is 10.1 Å². The minimum atomic E-state index is -0.859. The molecule has 0 heterocycles. The number of nitrogens with one attached hydrogen (secondary N) is 1. The Morgan fingerprint density at radius 2 is 2.17 bits per heavy atom. The van der Waals surface area contributed by atoms with E-state index < -0.39 is 23.4 Å². The second kappa shape index (κ2) is 5.62. The molecule has 18 heavy (non-hydrogen) atoms. The highest BCUT2D eigenvalue weighted by atomic mass is 16.6. The third-order valence-corrected chi connectivity index (χ3v) is 2.05. The maximum Gasteiger partial charge on any atom is 0.341 e. The third-order valence-electron chi connectivity index (χ3n) is 2.05.